The summed E-state index contributed by atoms with van der Waals surface area (Å²) < 4.78 is 5.45. The second-order valence-corrected chi connectivity index (χ2v) is 7.62. The first-order valence-electron chi connectivity index (χ1n) is 10.9. The monoisotopic (exact) mass is 401 g/mol. The third kappa shape index (κ3) is 7.01. The molecule has 29 heavy (non-hydrogen) atoms. The van der Waals surface area contributed by atoms with Crippen molar-refractivity contribution >= 4 is 11.9 Å². The largest absolute Gasteiger partial charge is 0.379 e. The van der Waals surface area contributed by atoms with E-state index in [2.05, 4.69) is 46.7 Å². The van der Waals surface area contributed by atoms with Crippen molar-refractivity contribution < 1.29 is 9.53 Å². The fourth-order valence-electron chi connectivity index (χ4n) is 3.78. The molecule has 2 aliphatic heterocycles. The van der Waals surface area contributed by atoms with Gasteiger partial charge in [0.1, 0.15) is 0 Å². The van der Waals surface area contributed by atoms with Gasteiger partial charge >= 0.3 is 0 Å². The van der Waals surface area contributed by atoms with E-state index in [4.69, 9.17) is 9.73 Å². The van der Waals surface area contributed by atoms with Crippen LogP contribution in [-0.2, 0) is 22.6 Å². The molecule has 2 saturated heterocycles. The number of hydrogen-bond donors (Lipinski definition) is 2. The Morgan fingerprint density at radius 1 is 1.07 bits per heavy atom. The molecule has 1 aromatic carbocycles. The maximum atomic E-state index is 12.2. The Morgan fingerprint density at radius 3 is 2.52 bits per heavy atom. The van der Waals surface area contributed by atoms with Crippen molar-refractivity contribution in [2.75, 3.05) is 52.5 Å². The molecule has 0 saturated carbocycles. The van der Waals surface area contributed by atoms with Crippen LogP contribution in [0.4, 0.5) is 0 Å². The van der Waals surface area contributed by atoms with Gasteiger partial charge in [-0.05, 0) is 30.9 Å². The Balaban J connectivity index is 1.53. The molecule has 0 bridgehead atoms. The Morgan fingerprint density at radius 2 is 1.79 bits per heavy atom. The van der Waals surface area contributed by atoms with Crippen LogP contribution in [0.1, 0.15) is 37.3 Å². The minimum atomic E-state index is 0.238. The van der Waals surface area contributed by atoms with Gasteiger partial charge in [-0.3, -0.25) is 9.69 Å². The predicted octanol–water partition coefficient (Wildman–Crippen LogP) is 1.59. The summed E-state index contributed by atoms with van der Waals surface area (Å²) in [5.41, 5.74) is 2.56. The molecule has 0 atom stereocenters. The number of aliphatic imine (C=N–C) groups is 1. The third-order valence-corrected chi connectivity index (χ3v) is 5.46. The molecule has 160 valence electrons. The molecule has 0 radical (unpaired) electrons. The van der Waals surface area contributed by atoms with Gasteiger partial charge in [-0.2, -0.15) is 0 Å². The number of ether oxygens (including phenoxy) is 1. The van der Waals surface area contributed by atoms with Crippen molar-refractivity contribution in [2.45, 2.75) is 39.3 Å². The number of likely N-dealkylation sites (tertiary alicyclic amines) is 1. The second-order valence-electron chi connectivity index (χ2n) is 7.62. The van der Waals surface area contributed by atoms with E-state index in [0.717, 1.165) is 71.3 Å². The normalized spacial score (nSPS) is 18.1. The van der Waals surface area contributed by atoms with Crippen LogP contribution in [0, 0.1) is 0 Å². The van der Waals surface area contributed by atoms with Gasteiger partial charge in [-0.1, -0.05) is 24.3 Å². The van der Waals surface area contributed by atoms with Crippen molar-refractivity contribution in [2.24, 2.45) is 4.99 Å². The van der Waals surface area contributed by atoms with E-state index >= 15 is 0 Å². The summed E-state index contributed by atoms with van der Waals surface area (Å²) in [6.07, 6.45) is 2.78. The van der Waals surface area contributed by atoms with Crippen LogP contribution in [0.3, 0.4) is 0 Å². The number of guanidine groups is 1. The van der Waals surface area contributed by atoms with Gasteiger partial charge in [0.25, 0.3) is 0 Å². The van der Waals surface area contributed by atoms with Crippen LogP contribution in [0.15, 0.2) is 29.3 Å². The lowest BCUT2D eigenvalue weighted by Crippen LogP contribution is -2.39. The zero-order valence-electron chi connectivity index (χ0n) is 17.7. The van der Waals surface area contributed by atoms with E-state index in [1.165, 1.54) is 11.1 Å². The Kier molecular flexibility index (Phi) is 8.77. The van der Waals surface area contributed by atoms with Crippen LogP contribution < -0.4 is 10.6 Å². The molecule has 2 heterocycles. The molecular formula is C22H35N5O2. The molecule has 1 amide bonds. The summed E-state index contributed by atoms with van der Waals surface area (Å²) >= 11 is 0. The lowest BCUT2D eigenvalue weighted by Gasteiger charge is -2.27. The van der Waals surface area contributed by atoms with Crippen LogP contribution in [0.5, 0.6) is 0 Å². The SMILES string of the molecule is CCNC(=NCc1ccccc1CN1CCOCC1)NCCC(=O)N1CCCC1. The standard InChI is InChI=1S/C22H35N5O2/c1-2-23-22(24-10-9-21(28)27-11-5-6-12-27)25-17-19-7-3-4-8-20(19)18-26-13-15-29-16-14-26/h3-4,7-8H,2,5-6,9-18H2,1H3,(H2,23,24,25). The average Bonchev–Trinajstić information content (AvgIpc) is 3.29. The van der Waals surface area contributed by atoms with Crippen LogP contribution in [-0.4, -0.2) is 74.1 Å². The smallest absolute Gasteiger partial charge is 0.224 e. The fourth-order valence-corrected chi connectivity index (χ4v) is 3.78. The molecule has 1 aromatic rings. The van der Waals surface area contributed by atoms with Crippen LogP contribution in [0.25, 0.3) is 0 Å². The summed E-state index contributed by atoms with van der Waals surface area (Å²) in [6, 6.07) is 8.51. The van der Waals surface area contributed by atoms with E-state index in [1.54, 1.807) is 0 Å². The molecule has 7 heteroatoms. The maximum Gasteiger partial charge on any atom is 0.224 e. The summed E-state index contributed by atoms with van der Waals surface area (Å²) in [7, 11) is 0. The number of rotatable bonds is 8. The number of hydrogen-bond acceptors (Lipinski definition) is 4. The fraction of sp³-hybridized carbons (Fsp3) is 0.636. The van der Waals surface area contributed by atoms with Crippen molar-refractivity contribution in [1.82, 2.24) is 20.4 Å². The lowest BCUT2D eigenvalue weighted by molar-refractivity contribution is -0.129. The molecule has 2 fully saturated rings. The van der Waals surface area contributed by atoms with Crippen molar-refractivity contribution in [3.8, 4) is 0 Å². The quantitative estimate of drug-likeness (QED) is 0.511. The number of nitrogens with zero attached hydrogens (tertiary/aromatic N) is 3. The van der Waals surface area contributed by atoms with Crippen LogP contribution in [0.2, 0.25) is 0 Å². The van der Waals surface area contributed by atoms with Gasteiger partial charge in [-0.25, -0.2) is 4.99 Å². The minimum absolute atomic E-state index is 0.238. The summed E-state index contributed by atoms with van der Waals surface area (Å²) in [5, 5.41) is 6.59. The highest BCUT2D eigenvalue weighted by molar-refractivity contribution is 5.81. The lowest BCUT2D eigenvalue weighted by atomic mass is 10.1. The van der Waals surface area contributed by atoms with E-state index in [-0.39, 0.29) is 5.91 Å². The maximum absolute atomic E-state index is 12.2. The molecule has 7 nitrogen and oxygen atoms in total. The Hall–Kier alpha value is -2.12. The van der Waals surface area contributed by atoms with Crippen LogP contribution >= 0.6 is 0 Å². The highest BCUT2D eigenvalue weighted by atomic mass is 16.5. The first kappa shape index (κ1) is 21.6. The van der Waals surface area contributed by atoms with E-state index in [9.17, 15) is 4.79 Å². The van der Waals surface area contributed by atoms with Gasteiger partial charge in [0.05, 0.1) is 19.8 Å². The average molecular weight is 402 g/mol. The highest BCUT2D eigenvalue weighted by Crippen LogP contribution is 2.14. The first-order chi connectivity index (χ1) is 14.3. The number of nitrogens with one attached hydrogen (secondary N) is 2. The summed E-state index contributed by atoms with van der Waals surface area (Å²) in [4.78, 5) is 21.4. The van der Waals surface area contributed by atoms with Crippen molar-refractivity contribution in [3.63, 3.8) is 0 Å². The Bertz CT molecular complexity index is 667. The number of carbonyl (C=O) groups excluding carboxylic acids is 1. The Labute approximate surface area is 174 Å². The van der Waals surface area contributed by atoms with Gasteiger partial charge in [0.15, 0.2) is 5.96 Å². The highest BCUT2D eigenvalue weighted by Gasteiger charge is 2.17. The van der Waals surface area contributed by atoms with E-state index in [1.807, 2.05) is 4.90 Å². The molecule has 0 aliphatic carbocycles. The summed E-state index contributed by atoms with van der Waals surface area (Å²) in [5.74, 6) is 1.00. The van der Waals surface area contributed by atoms with Crippen molar-refractivity contribution in [1.29, 1.82) is 0 Å². The molecule has 2 N–H and O–H groups in total. The minimum Gasteiger partial charge on any atom is -0.379 e. The predicted molar refractivity (Wildman–Crippen MR) is 116 cm³/mol. The second kappa shape index (κ2) is 11.8. The molecular weight excluding hydrogens is 366 g/mol. The molecule has 2 aliphatic rings. The molecule has 0 aromatic heterocycles. The molecule has 3 rings (SSSR count). The number of morpholine rings is 1. The van der Waals surface area contributed by atoms with Gasteiger partial charge in [0.2, 0.25) is 5.91 Å². The first-order valence-corrected chi connectivity index (χ1v) is 10.9. The zero-order valence-corrected chi connectivity index (χ0v) is 17.7. The zero-order chi connectivity index (χ0) is 20.3. The third-order valence-electron chi connectivity index (χ3n) is 5.46. The van der Waals surface area contributed by atoms with E-state index in [0.29, 0.717) is 19.5 Å². The van der Waals surface area contributed by atoms with Gasteiger partial charge in [-0.15, -0.1) is 0 Å². The number of amides is 1. The number of benzene rings is 1. The number of carbonyl (C=O) groups is 1. The summed E-state index contributed by atoms with van der Waals surface area (Å²) in [6.45, 7) is 10.4. The van der Waals surface area contributed by atoms with Gasteiger partial charge < -0.3 is 20.3 Å². The van der Waals surface area contributed by atoms with Crippen molar-refractivity contribution in [3.05, 3.63) is 35.4 Å². The van der Waals surface area contributed by atoms with E-state index < -0.39 is 0 Å². The topological polar surface area (TPSA) is 69.2 Å². The molecule has 0 unspecified atom stereocenters. The van der Waals surface area contributed by atoms with Gasteiger partial charge in [0, 0.05) is 52.2 Å². The molecule has 0 spiro atoms.